The fraction of sp³-hybridized carbons (Fsp3) is 0.500. The zero-order valence-electron chi connectivity index (χ0n) is 15.1. The summed E-state index contributed by atoms with van der Waals surface area (Å²) in [7, 11) is 0. The van der Waals surface area contributed by atoms with E-state index in [1.165, 1.54) is 5.56 Å². The third-order valence-corrected chi connectivity index (χ3v) is 4.30. The SMILES string of the molecule is CC(C)(C)OC(=O)N[C@H]1CC[C@H](c2nc(Cc3ccccc3)co2)C1. The molecule has 1 saturated carbocycles. The molecule has 5 nitrogen and oxygen atoms in total. The third-order valence-electron chi connectivity index (χ3n) is 4.30. The molecule has 0 saturated heterocycles. The lowest BCUT2D eigenvalue weighted by atomic mass is 10.1. The molecule has 2 aromatic rings. The number of hydrogen-bond acceptors (Lipinski definition) is 4. The van der Waals surface area contributed by atoms with Gasteiger partial charge in [0.05, 0.1) is 5.69 Å². The van der Waals surface area contributed by atoms with E-state index < -0.39 is 5.60 Å². The summed E-state index contributed by atoms with van der Waals surface area (Å²) >= 11 is 0. The Morgan fingerprint density at radius 2 is 2.04 bits per heavy atom. The van der Waals surface area contributed by atoms with Crippen LogP contribution in [0.2, 0.25) is 0 Å². The number of ether oxygens (including phenoxy) is 1. The molecule has 1 N–H and O–H groups in total. The van der Waals surface area contributed by atoms with Crippen molar-refractivity contribution >= 4 is 6.09 Å². The van der Waals surface area contributed by atoms with Crippen molar-refractivity contribution in [3.8, 4) is 0 Å². The van der Waals surface area contributed by atoms with Crippen LogP contribution < -0.4 is 5.32 Å². The second-order valence-corrected chi connectivity index (χ2v) is 7.69. The van der Waals surface area contributed by atoms with Crippen molar-refractivity contribution in [3.05, 3.63) is 53.7 Å². The predicted octanol–water partition coefficient (Wildman–Crippen LogP) is 4.43. The minimum atomic E-state index is -0.475. The molecule has 3 rings (SSSR count). The zero-order chi connectivity index (χ0) is 17.9. The summed E-state index contributed by atoms with van der Waals surface area (Å²) in [4.78, 5) is 16.5. The summed E-state index contributed by atoms with van der Waals surface area (Å²) in [5.74, 6) is 1.03. The van der Waals surface area contributed by atoms with Gasteiger partial charge in [0.25, 0.3) is 0 Å². The summed E-state index contributed by atoms with van der Waals surface area (Å²) in [5.41, 5.74) is 1.69. The number of hydrogen-bond donors (Lipinski definition) is 1. The highest BCUT2D eigenvalue weighted by molar-refractivity contribution is 5.68. The van der Waals surface area contributed by atoms with Crippen molar-refractivity contribution in [2.45, 2.75) is 64.0 Å². The van der Waals surface area contributed by atoms with Gasteiger partial charge in [-0.25, -0.2) is 9.78 Å². The summed E-state index contributed by atoms with van der Waals surface area (Å²) < 4.78 is 11.0. The monoisotopic (exact) mass is 342 g/mol. The van der Waals surface area contributed by atoms with Crippen molar-refractivity contribution in [1.82, 2.24) is 10.3 Å². The normalized spacial score (nSPS) is 20.4. The second kappa shape index (κ2) is 7.30. The van der Waals surface area contributed by atoms with Gasteiger partial charge in [-0.15, -0.1) is 0 Å². The number of carbonyl (C=O) groups is 1. The molecule has 0 unspecified atom stereocenters. The number of nitrogens with zero attached hydrogens (tertiary/aromatic N) is 1. The first-order valence-corrected chi connectivity index (χ1v) is 8.87. The van der Waals surface area contributed by atoms with Crippen LogP contribution in [0.15, 0.2) is 41.0 Å². The molecule has 25 heavy (non-hydrogen) atoms. The van der Waals surface area contributed by atoms with Crippen LogP contribution in [-0.2, 0) is 11.2 Å². The minimum Gasteiger partial charge on any atom is -0.448 e. The maximum absolute atomic E-state index is 11.9. The van der Waals surface area contributed by atoms with Gasteiger partial charge in [0.15, 0.2) is 5.89 Å². The van der Waals surface area contributed by atoms with Crippen molar-refractivity contribution in [3.63, 3.8) is 0 Å². The number of oxazole rings is 1. The molecule has 1 amide bonds. The van der Waals surface area contributed by atoms with Crippen LogP contribution in [0.25, 0.3) is 0 Å². The van der Waals surface area contributed by atoms with Gasteiger partial charge in [0.1, 0.15) is 11.9 Å². The van der Waals surface area contributed by atoms with Crippen molar-refractivity contribution in [2.75, 3.05) is 0 Å². The Bertz CT molecular complexity index is 703. The molecule has 134 valence electrons. The number of carbonyl (C=O) groups excluding carboxylic acids is 1. The van der Waals surface area contributed by atoms with Crippen LogP contribution in [0.3, 0.4) is 0 Å². The van der Waals surface area contributed by atoms with Gasteiger partial charge in [-0.2, -0.15) is 0 Å². The fourth-order valence-corrected chi connectivity index (χ4v) is 3.21. The first-order chi connectivity index (χ1) is 11.9. The molecule has 0 aliphatic heterocycles. The third kappa shape index (κ3) is 5.08. The van der Waals surface area contributed by atoms with E-state index in [0.717, 1.165) is 37.3 Å². The van der Waals surface area contributed by atoms with Crippen molar-refractivity contribution in [1.29, 1.82) is 0 Å². The Morgan fingerprint density at radius 3 is 2.76 bits per heavy atom. The molecule has 2 atom stereocenters. The van der Waals surface area contributed by atoms with Crippen LogP contribution in [-0.4, -0.2) is 22.7 Å². The standard InChI is InChI=1S/C20H26N2O3/c1-20(2,3)25-19(23)22-16-10-9-15(12-16)18-21-17(13-24-18)11-14-7-5-4-6-8-14/h4-8,13,15-16H,9-12H2,1-3H3,(H,22,23)/t15-,16-/m0/s1. The number of alkyl carbamates (subject to hydrolysis) is 1. The van der Waals surface area contributed by atoms with Gasteiger partial charge < -0.3 is 14.5 Å². The zero-order valence-corrected chi connectivity index (χ0v) is 15.1. The Kier molecular flexibility index (Phi) is 5.11. The Balaban J connectivity index is 1.53. The molecule has 1 aromatic heterocycles. The fourth-order valence-electron chi connectivity index (χ4n) is 3.21. The molecule has 0 radical (unpaired) electrons. The van der Waals surface area contributed by atoms with E-state index in [1.54, 1.807) is 6.26 Å². The highest BCUT2D eigenvalue weighted by Gasteiger charge is 2.31. The predicted molar refractivity (Wildman–Crippen MR) is 95.5 cm³/mol. The number of aromatic nitrogens is 1. The molecule has 1 aliphatic carbocycles. The number of nitrogens with one attached hydrogen (secondary N) is 1. The Labute approximate surface area is 148 Å². The molecule has 1 aliphatic rings. The van der Waals surface area contributed by atoms with Crippen LogP contribution >= 0.6 is 0 Å². The number of amides is 1. The molecule has 1 heterocycles. The largest absolute Gasteiger partial charge is 0.448 e. The summed E-state index contributed by atoms with van der Waals surface area (Å²) in [6.45, 7) is 5.60. The molecule has 0 spiro atoms. The van der Waals surface area contributed by atoms with Crippen LogP contribution in [0.4, 0.5) is 4.79 Å². The van der Waals surface area contributed by atoms with E-state index in [1.807, 2.05) is 39.0 Å². The van der Waals surface area contributed by atoms with Crippen molar-refractivity contribution < 1.29 is 13.9 Å². The van der Waals surface area contributed by atoms with E-state index in [2.05, 4.69) is 22.4 Å². The van der Waals surface area contributed by atoms with Gasteiger partial charge >= 0.3 is 6.09 Å². The summed E-state index contributed by atoms with van der Waals surface area (Å²) in [5, 5.41) is 2.95. The number of rotatable bonds is 4. The van der Waals surface area contributed by atoms with Crippen molar-refractivity contribution in [2.24, 2.45) is 0 Å². The van der Waals surface area contributed by atoms with Gasteiger partial charge in [0, 0.05) is 18.4 Å². The molecule has 5 heteroatoms. The van der Waals surface area contributed by atoms with E-state index in [0.29, 0.717) is 0 Å². The first kappa shape index (κ1) is 17.5. The average Bonchev–Trinajstić information content (AvgIpc) is 3.15. The Hall–Kier alpha value is -2.30. The molecule has 1 fully saturated rings. The summed E-state index contributed by atoms with van der Waals surface area (Å²) in [6, 6.07) is 10.4. The van der Waals surface area contributed by atoms with Crippen LogP contribution in [0.1, 0.15) is 63.1 Å². The highest BCUT2D eigenvalue weighted by atomic mass is 16.6. The first-order valence-electron chi connectivity index (χ1n) is 8.87. The average molecular weight is 342 g/mol. The van der Waals surface area contributed by atoms with E-state index in [-0.39, 0.29) is 18.1 Å². The lowest BCUT2D eigenvalue weighted by molar-refractivity contribution is 0.0505. The minimum absolute atomic E-state index is 0.115. The molecular weight excluding hydrogens is 316 g/mol. The maximum Gasteiger partial charge on any atom is 0.407 e. The van der Waals surface area contributed by atoms with Gasteiger partial charge in [0.2, 0.25) is 0 Å². The van der Waals surface area contributed by atoms with Gasteiger partial charge in [-0.05, 0) is 45.6 Å². The lowest BCUT2D eigenvalue weighted by Gasteiger charge is -2.21. The van der Waals surface area contributed by atoms with E-state index in [4.69, 9.17) is 9.15 Å². The summed E-state index contributed by atoms with van der Waals surface area (Å²) in [6.07, 6.45) is 4.89. The lowest BCUT2D eigenvalue weighted by Crippen LogP contribution is -2.37. The van der Waals surface area contributed by atoms with E-state index >= 15 is 0 Å². The highest BCUT2D eigenvalue weighted by Crippen LogP contribution is 2.34. The molecular formula is C20H26N2O3. The van der Waals surface area contributed by atoms with Gasteiger partial charge in [-0.3, -0.25) is 0 Å². The Morgan fingerprint density at radius 1 is 1.28 bits per heavy atom. The van der Waals surface area contributed by atoms with E-state index in [9.17, 15) is 4.79 Å². The maximum atomic E-state index is 11.9. The second-order valence-electron chi connectivity index (χ2n) is 7.69. The number of benzene rings is 1. The molecule has 0 bridgehead atoms. The van der Waals surface area contributed by atoms with Crippen LogP contribution in [0, 0.1) is 0 Å². The van der Waals surface area contributed by atoms with Gasteiger partial charge in [-0.1, -0.05) is 30.3 Å². The topological polar surface area (TPSA) is 64.4 Å². The smallest absolute Gasteiger partial charge is 0.407 e. The van der Waals surface area contributed by atoms with Crippen LogP contribution in [0.5, 0.6) is 0 Å². The molecule has 1 aromatic carbocycles. The quantitative estimate of drug-likeness (QED) is 0.893.